The fourth-order valence-corrected chi connectivity index (χ4v) is 3.02. The smallest absolute Gasteiger partial charge is 0.244 e. The number of hydrogen-bond donors (Lipinski definition) is 2. The Morgan fingerprint density at radius 3 is 2.55 bits per heavy atom. The number of H-pyrrole nitrogens is 1. The van der Waals surface area contributed by atoms with Gasteiger partial charge in [-0.25, -0.2) is 13.1 Å². The Hall–Kier alpha value is -1.70. The molecule has 6 nitrogen and oxygen atoms in total. The molecule has 108 valence electrons. The highest BCUT2D eigenvalue weighted by Crippen LogP contribution is 2.17. The molecule has 0 aliphatic rings. The molecule has 0 amide bonds. The number of benzene rings is 1. The number of rotatable bonds is 6. The van der Waals surface area contributed by atoms with Gasteiger partial charge in [-0.3, -0.25) is 5.10 Å². The van der Waals surface area contributed by atoms with Gasteiger partial charge in [0.1, 0.15) is 4.90 Å². The summed E-state index contributed by atoms with van der Waals surface area (Å²) in [5.74, 6) is 0. The topological polar surface area (TPSA) is 78.1 Å². The van der Waals surface area contributed by atoms with Crippen molar-refractivity contribution in [3.8, 4) is 0 Å². The van der Waals surface area contributed by atoms with Crippen molar-refractivity contribution in [2.75, 3.05) is 20.6 Å². The first-order valence-corrected chi connectivity index (χ1v) is 7.68. The first-order chi connectivity index (χ1) is 9.49. The Kier molecular flexibility index (Phi) is 4.53. The van der Waals surface area contributed by atoms with Crippen molar-refractivity contribution < 1.29 is 8.42 Å². The first-order valence-electron chi connectivity index (χ1n) is 6.20. The Bertz CT molecular complexity index is 624. The van der Waals surface area contributed by atoms with Crippen LogP contribution in [0.15, 0.2) is 47.6 Å². The molecule has 7 heteroatoms. The number of nitrogens with one attached hydrogen (secondary N) is 2. The third kappa shape index (κ3) is 3.66. The summed E-state index contributed by atoms with van der Waals surface area (Å²) < 4.78 is 27.3. The molecule has 1 unspecified atom stereocenters. The summed E-state index contributed by atoms with van der Waals surface area (Å²) in [5.41, 5.74) is 0.924. The lowest BCUT2D eigenvalue weighted by atomic mass is 10.1. The van der Waals surface area contributed by atoms with E-state index in [-0.39, 0.29) is 10.9 Å². The van der Waals surface area contributed by atoms with Gasteiger partial charge in [-0.05, 0) is 19.7 Å². The van der Waals surface area contributed by atoms with Crippen LogP contribution in [0, 0.1) is 0 Å². The standard InChI is InChI=1S/C13H18N4O2S/c1-17(2)10-13(11-6-4-3-5-7-11)16-20(18,19)12-8-14-15-9-12/h3-9,13,16H,10H2,1-2H3,(H,14,15). The fourth-order valence-electron chi connectivity index (χ4n) is 1.90. The van der Waals surface area contributed by atoms with E-state index in [9.17, 15) is 8.42 Å². The minimum atomic E-state index is -3.58. The number of nitrogens with zero attached hydrogens (tertiary/aromatic N) is 2. The Labute approximate surface area is 118 Å². The number of sulfonamides is 1. The molecule has 0 radical (unpaired) electrons. The van der Waals surface area contributed by atoms with Crippen molar-refractivity contribution in [1.29, 1.82) is 0 Å². The summed E-state index contributed by atoms with van der Waals surface area (Å²) >= 11 is 0. The molecule has 0 aliphatic heterocycles. The predicted octanol–water partition coefficient (Wildman–Crippen LogP) is 0.991. The van der Waals surface area contributed by atoms with Crippen LogP contribution in [0.2, 0.25) is 0 Å². The molecule has 2 rings (SSSR count). The van der Waals surface area contributed by atoms with Gasteiger partial charge in [0.25, 0.3) is 0 Å². The molecular formula is C13H18N4O2S. The molecule has 2 aromatic rings. The molecule has 0 spiro atoms. The van der Waals surface area contributed by atoms with E-state index in [0.717, 1.165) is 5.56 Å². The van der Waals surface area contributed by atoms with Gasteiger partial charge in [0.15, 0.2) is 0 Å². The highest BCUT2D eigenvalue weighted by Gasteiger charge is 2.22. The molecule has 0 fully saturated rings. The lowest BCUT2D eigenvalue weighted by molar-refractivity contribution is 0.363. The van der Waals surface area contributed by atoms with Gasteiger partial charge in [-0.2, -0.15) is 5.10 Å². The maximum atomic E-state index is 12.3. The Morgan fingerprint density at radius 1 is 1.30 bits per heavy atom. The quantitative estimate of drug-likeness (QED) is 0.833. The minimum Gasteiger partial charge on any atom is -0.307 e. The molecule has 2 N–H and O–H groups in total. The van der Waals surface area contributed by atoms with Gasteiger partial charge in [0, 0.05) is 12.7 Å². The van der Waals surface area contributed by atoms with Gasteiger partial charge in [0.05, 0.1) is 12.2 Å². The lowest BCUT2D eigenvalue weighted by Gasteiger charge is -2.22. The van der Waals surface area contributed by atoms with E-state index in [1.54, 1.807) is 0 Å². The van der Waals surface area contributed by atoms with Crippen molar-refractivity contribution in [3.05, 3.63) is 48.3 Å². The first kappa shape index (κ1) is 14.7. The predicted molar refractivity (Wildman–Crippen MR) is 76.6 cm³/mol. The second-order valence-corrected chi connectivity index (χ2v) is 6.49. The third-order valence-corrected chi connectivity index (χ3v) is 4.27. The monoisotopic (exact) mass is 294 g/mol. The van der Waals surface area contributed by atoms with E-state index in [2.05, 4.69) is 14.9 Å². The maximum absolute atomic E-state index is 12.3. The van der Waals surface area contributed by atoms with Gasteiger partial charge in [0.2, 0.25) is 10.0 Å². The van der Waals surface area contributed by atoms with Crippen LogP contribution in [0.25, 0.3) is 0 Å². The average molecular weight is 294 g/mol. The normalized spacial score (nSPS) is 13.6. The molecule has 0 saturated carbocycles. The van der Waals surface area contributed by atoms with E-state index in [4.69, 9.17) is 0 Å². The van der Waals surface area contributed by atoms with Crippen LogP contribution in [-0.2, 0) is 10.0 Å². The van der Waals surface area contributed by atoms with Crippen LogP contribution in [0.5, 0.6) is 0 Å². The largest absolute Gasteiger partial charge is 0.307 e. The zero-order valence-electron chi connectivity index (χ0n) is 11.4. The van der Waals surface area contributed by atoms with Crippen molar-refractivity contribution in [2.45, 2.75) is 10.9 Å². The van der Waals surface area contributed by atoms with Crippen LogP contribution in [0.1, 0.15) is 11.6 Å². The van der Waals surface area contributed by atoms with Crippen molar-refractivity contribution in [2.24, 2.45) is 0 Å². The van der Waals surface area contributed by atoms with Gasteiger partial charge >= 0.3 is 0 Å². The highest BCUT2D eigenvalue weighted by atomic mass is 32.2. The molecular weight excluding hydrogens is 276 g/mol. The average Bonchev–Trinajstić information content (AvgIpc) is 2.93. The third-order valence-electron chi connectivity index (χ3n) is 2.83. The van der Waals surface area contributed by atoms with Crippen LogP contribution in [0.4, 0.5) is 0 Å². The van der Waals surface area contributed by atoms with Crippen molar-refractivity contribution in [3.63, 3.8) is 0 Å². The van der Waals surface area contributed by atoms with Crippen LogP contribution in [0.3, 0.4) is 0 Å². The second kappa shape index (κ2) is 6.17. The van der Waals surface area contributed by atoms with Gasteiger partial charge in [-0.15, -0.1) is 0 Å². The van der Waals surface area contributed by atoms with Crippen LogP contribution < -0.4 is 4.72 Å². The molecule has 20 heavy (non-hydrogen) atoms. The molecule has 1 atom stereocenters. The van der Waals surface area contributed by atoms with E-state index in [1.807, 2.05) is 49.3 Å². The number of aromatic nitrogens is 2. The van der Waals surface area contributed by atoms with Crippen LogP contribution >= 0.6 is 0 Å². The molecule has 0 aliphatic carbocycles. The van der Waals surface area contributed by atoms with E-state index < -0.39 is 10.0 Å². The number of likely N-dealkylation sites (N-methyl/N-ethyl adjacent to an activating group) is 1. The van der Waals surface area contributed by atoms with E-state index in [0.29, 0.717) is 6.54 Å². The maximum Gasteiger partial charge on any atom is 0.244 e. The van der Waals surface area contributed by atoms with Crippen molar-refractivity contribution >= 4 is 10.0 Å². The fraction of sp³-hybridized carbons (Fsp3) is 0.308. The Morgan fingerprint density at radius 2 is 2.00 bits per heavy atom. The molecule has 1 heterocycles. The van der Waals surface area contributed by atoms with Crippen LogP contribution in [-0.4, -0.2) is 44.2 Å². The summed E-state index contributed by atoms with van der Waals surface area (Å²) in [5, 5.41) is 6.18. The lowest BCUT2D eigenvalue weighted by Crippen LogP contribution is -2.35. The SMILES string of the molecule is CN(C)CC(NS(=O)(=O)c1cn[nH]c1)c1ccccc1. The molecule has 1 aromatic carbocycles. The minimum absolute atomic E-state index is 0.136. The molecule has 0 bridgehead atoms. The second-order valence-electron chi connectivity index (χ2n) is 4.78. The highest BCUT2D eigenvalue weighted by molar-refractivity contribution is 7.89. The number of hydrogen-bond acceptors (Lipinski definition) is 4. The summed E-state index contributed by atoms with van der Waals surface area (Å²) in [6, 6.07) is 9.19. The summed E-state index contributed by atoms with van der Waals surface area (Å²) in [7, 11) is 0.229. The molecule has 0 saturated heterocycles. The summed E-state index contributed by atoms with van der Waals surface area (Å²) in [6.45, 7) is 0.571. The van der Waals surface area contributed by atoms with E-state index in [1.165, 1.54) is 12.4 Å². The Balaban J connectivity index is 2.25. The van der Waals surface area contributed by atoms with Crippen molar-refractivity contribution in [1.82, 2.24) is 19.8 Å². The zero-order valence-corrected chi connectivity index (χ0v) is 12.3. The summed E-state index contributed by atoms with van der Waals surface area (Å²) in [6.07, 6.45) is 2.65. The van der Waals surface area contributed by atoms with Gasteiger partial charge < -0.3 is 4.90 Å². The number of aromatic amines is 1. The molecule has 1 aromatic heterocycles. The zero-order chi connectivity index (χ0) is 14.6. The van der Waals surface area contributed by atoms with E-state index >= 15 is 0 Å². The van der Waals surface area contributed by atoms with Gasteiger partial charge in [-0.1, -0.05) is 30.3 Å². The summed E-state index contributed by atoms with van der Waals surface area (Å²) in [4.78, 5) is 2.08.